The molecule has 0 heterocycles. The van der Waals surface area contributed by atoms with Crippen LogP contribution in [0.1, 0.15) is 0 Å². The van der Waals surface area contributed by atoms with Gasteiger partial charge in [-0.15, -0.1) is 0 Å². The van der Waals surface area contributed by atoms with Crippen LogP contribution in [0.3, 0.4) is 0 Å². The Hall–Kier alpha value is 2.41. The first-order valence-electron chi connectivity index (χ1n) is 11.1. The Morgan fingerprint density at radius 2 is 0.407 bits per heavy atom. The van der Waals surface area contributed by atoms with Crippen LogP contribution in [-0.4, -0.2) is 48.4 Å². The molecule has 7 heteroatoms. The van der Waals surface area contributed by atoms with Crippen molar-refractivity contribution in [1.29, 1.82) is 0 Å². The third-order valence-electron chi connectivity index (χ3n) is 7.53. The summed E-state index contributed by atoms with van der Waals surface area (Å²) >= 11 is -0.902. The predicted octanol–water partition coefficient (Wildman–Crippen LogP) is 8.65. The fourth-order valence-electron chi connectivity index (χ4n) is 8.37. The number of hydrogen-bond donors (Lipinski definition) is 0. The van der Waals surface area contributed by atoms with Crippen molar-refractivity contribution in [2.45, 2.75) is 120 Å². The van der Waals surface area contributed by atoms with E-state index in [9.17, 15) is 0 Å². The van der Waals surface area contributed by atoms with E-state index in [2.05, 4.69) is 118 Å². The summed E-state index contributed by atoms with van der Waals surface area (Å²) in [6.07, 6.45) is 0. The van der Waals surface area contributed by atoms with Gasteiger partial charge in [0.1, 0.15) is 0 Å². The predicted molar refractivity (Wildman–Crippen MR) is 145 cm³/mol. The second-order valence-electron chi connectivity index (χ2n) is 15.3. The van der Waals surface area contributed by atoms with Crippen LogP contribution in [-0.2, 0) is 29.2 Å². The van der Waals surface area contributed by atoms with E-state index in [1.807, 2.05) is 0 Å². The zero-order valence-corrected chi connectivity index (χ0v) is 31.4. The summed E-state index contributed by atoms with van der Waals surface area (Å²) in [7, 11) is -7.68. The van der Waals surface area contributed by atoms with Crippen LogP contribution in [0.25, 0.3) is 0 Å². The summed E-state index contributed by atoms with van der Waals surface area (Å²) in [6.45, 7) is 50.2. The van der Waals surface area contributed by atoms with Crippen molar-refractivity contribution in [2.24, 2.45) is 0 Å². The minimum absolute atomic E-state index is 0.878. The Balaban J connectivity index is 7.45. The normalized spacial score (nSPS) is 16.4. The molecule has 0 unspecified atom stereocenters. The Bertz CT molecular complexity index is 396. The van der Waals surface area contributed by atoms with Gasteiger partial charge in [-0.05, 0) is 0 Å². The molecule has 0 aromatic heterocycles. The average Bonchev–Trinajstić information content (AvgIpc) is 2.16. The number of hydrogen-bond acceptors (Lipinski definition) is 0. The fourth-order valence-corrected chi connectivity index (χ4v) is 101. The van der Waals surface area contributed by atoms with Crippen molar-refractivity contribution in [3.8, 4) is 0 Å². The topological polar surface area (TPSA) is 0 Å². The van der Waals surface area contributed by atoms with E-state index >= 15 is 0 Å². The quantitative estimate of drug-likeness (QED) is 0.265. The van der Waals surface area contributed by atoms with E-state index in [-0.39, 0.29) is 0 Å². The van der Waals surface area contributed by atoms with E-state index in [0.29, 0.717) is 0 Å². The molecule has 0 atom stereocenters. The van der Waals surface area contributed by atoms with Crippen molar-refractivity contribution in [2.75, 3.05) is 0 Å². The molecule has 0 spiro atoms. The summed E-state index contributed by atoms with van der Waals surface area (Å²) in [5.74, 6) is 0. The molecule has 0 aliphatic carbocycles. The third kappa shape index (κ3) is 5.09. The minimum atomic E-state index is -1.28. The second-order valence-corrected chi connectivity index (χ2v) is 63.5. The molecular weight excluding hydrogens is 498 g/mol. The van der Waals surface area contributed by atoms with Crippen LogP contribution in [0.4, 0.5) is 0 Å². The molecule has 0 radical (unpaired) electrons. The van der Waals surface area contributed by atoms with Crippen molar-refractivity contribution in [1.82, 2.24) is 0 Å². The van der Waals surface area contributed by atoms with Gasteiger partial charge in [-0.3, -0.25) is 0 Å². The molecule has 0 aliphatic rings. The van der Waals surface area contributed by atoms with Gasteiger partial charge in [0, 0.05) is 0 Å². The van der Waals surface area contributed by atoms with E-state index in [1.54, 1.807) is 0 Å². The average molecular weight is 552 g/mol. The van der Waals surface area contributed by atoms with Crippen LogP contribution < -0.4 is 0 Å². The van der Waals surface area contributed by atoms with Gasteiger partial charge in [-0.2, -0.15) is 0 Å². The Kier molecular flexibility index (Phi) is 8.79. The summed E-state index contributed by atoms with van der Waals surface area (Å²) in [5.41, 5.74) is 0. The van der Waals surface area contributed by atoms with Gasteiger partial charge >= 0.3 is 198 Å². The number of rotatable bonds is 8. The molecule has 0 aliphatic heterocycles. The van der Waals surface area contributed by atoms with Gasteiger partial charge in [-0.1, -0.05) is 0 Å². The molecule has 0 N–H and O–H groups in total. The third-order valence-corrected chi connectivity index (χ3v) is 94.3. The van der Waals surface area contributed by atoms with Crippen LogP contribution in [0.5, 0.6) is 0 Å². The maximum absolute atomic E-state index is 2.79. The zero-order valence-electron chi connectivity index (χ0n) is 22.6. The van der Waals surface area contributed by atoms with Gasteiger partial charge in [-0.25, -0.2) is 0 Å². The molecule has 0 bridgehead atoms. The Morgan fingerprint density at radius 3 is 0.481 bits per heavy atom. The van der Waals surface area contributed by atoms with Crippen molar-refractivity contribution in [3.05, 3.63) is 0 Å². The first-order chi connectivity index (χ1) is 11.2. The second kappa shape index (κ2) is 8.07. The summed E-state index contributed by atoms with van der Waals surface area (Å²) in [5, 5.41) is 0. The molecule has 0 aromatic carbocycles. The van der Waals surface area contributed by atoms with Crippen LogP contribution in [0.15, 0.2) is 0 Å². The van der Waals surface area contributed by atoms with Crippen LogP contribution >= 0.6 is 0 Å². The fraction of sp³-hybridized carbons (Fsp3) is 1.00. The molecular formula is C20H54Si6Y. The Morgan fingerprint density at radius 1 is 0.296 bits per heavy atom. The summed E-state index contributed by atoms with van der Waals surface area (Å²) in [4.78, 5) is 0. The first-order valence-corrected chi connectivity index (χ1v) is 34.9. The zero-order chi connectivity index (χ0) is 22.7. The SMILES string of the molecule is C[Si](C)(C)[C]([Y][C]([Si](C)(C)C)([Si](C)(C)C)[Si](C)(C)C)([Si](C)(C)C)[Si](C)(C)C. The molecule has 0 rings (SSSR count). The monoisotopic (exact) mass is 551 g/mol. The molecule has 0 saturated heterocycles. The molecule has 0 amide bonds. The van der Waals surface area contributed by atoms with Gasteiger partial charge in [0.05, 0.1) is 0 Å². The molecule has 161 valence electrons. The van der Waals surface area contributed by atoms with Gasteiger partial charge < -0.3 is 0 Å². The molecule has 0 nitrogen and oxygen atoms in total. The van der Waals surface area contributed by atoms with E-state index in [0.717, 1.165) is 2.19 Å². The standard InChI is InChI=1S/2C10H27Si3.Y/c2*1-11(2,3)10(12(4,5)6)13(7,8)9;/h2*1-9H3;. The van der Waals surface area contributed by atoms with Crippen LogP contribution in [0, 0.1) is 0 Å². The van der Waals surface area contributed by atoms with Gasteiger partial charge in [0.2, 0.25) is 0 Å². The van der Waals surface area contributed by atoms with Crippen molar-refractivity contribution in [3.63, 3.8) is 0 Å². The van der Waals surface area contributed by atoms with E-state index in [1.165, 1.54) is 0 Å². The molecule has 0 aromatic rings. The van der Waals surface area contributed by atoms with Crippen molar-refractivity contribution < 1.29 is 29.2 Å². The summed E-state index contributed by atoms with van der Waals surface area (Å²) < 4.78 is 1.76. The summed E-state index contributed by atoms with van der Waals surface area (Å²) in [6, 6.07) is 0. The van der Waals surface area contributed by atoms with E-state index in [4.69, 9.17) is 0 Å². The van der Waals surface area contributed by atoms with Gasteiger partial charge in [0.25, 0.3) is 0 Å². The van der Waals surface area contributed by atoms with E-state index < -0.39 is 77.6 Å². The molecule has 0 saturated carbocycles. The van der Waals surface area contributed by atoms with Crippen molar-refractivity contribution >= 4 is 48.4 Å². The van der Waals surface area contributed by atoms with Gasteiger partial charge in [0.15, 0.2) is 0 Å². The van der Waals surface area contributed by atoms with Crippen LogP contribution in [0.2, 0.25) is 120 Å². The maximum atomic E-state index is 2.79. The Labute approximate surface area is 195 Å². The molecule has 27 heavy (non-hydrogen) atoms. The first kappa shape index (κ1) is 29.4. The molecule has 0 fully saturated rings.